The molecule has 19 heteroatoms. The minimum absolute atomic E-state index is 0.103. The zero-order valence-corrected chi connectivity index (χ0v) is 55.6. The van der Waals surface area contributed by atoms with Crippen molar-refractivity contribution in [3.63, 3.8) is 0 Å². The SMILES string of the molecule is CCC(C)CCCCCCCCCCC(=O)O[C@H](COC(=O)CCCCCCCCC(C)CC)COP(=O)(O)OCC(O)COP(=O)(O)OC[C@@H](COC(=O)CCCCCCCCCC(C)C)OC(=O)CCCCCCCCCCC(C)C. The molecule has 83 heavy (non-hydrogen) atoms. The smallest absolute Gasteiger partial charge is 0.462 e. The molecule has 0 heterocycles. The van der Waals surface area contributed by atoms with Crippen molar-refractivity contribution in [3.05, 3.63) is 0 Å². The molecule has 0 fully saturated rings. The van der Waals surface area contributed by atoms with E-state index >= 15 is 0 Å². The Balaban J connectivity index is 5.27. The number of hydrogen-bond donors (Lipinski definition) is 3. The minimum Gasteiger partial charge on any atom is -0.462 e. The van der Waals surface area contributed by atoms with Gasteiger partial charge in [0.1, 0.15) is 19.3 Å². The maximum absolute atomic E-state index is 13.0. The first-order valence-electron chi connectivity index (χ1n) is 33.3. The molecule has 3 N–H and O–H groups in total. The number of phosphoric acid groups is 2. The summed E-state index contributed by atoms with van der Waals surface area (Å²) in [5, 5.41) is 10.5. The van der Waals surface area contributed by atoms with Crippen LogP contribution < -0.4 is 0 Å². The van der Waals surface area contributed by atoms with Gasteiger partial charge in [-0.1, -0.05) is 254 Å². The molecule has 0 radical (unpaired) electrons. The number of carbonyl (C=O) groups excluding carboxylic acids is 4. The van der Waals surface area contributed by atoms with Crippen molar-refractivity contribution in [1.29, 1.82) is 0 Å². The molecule has 7 atom stereocenters. The summed E-state index contributed by atoms with van der Waals surface area (Å²) in [5.41, 5.74) is 0. The van der Waals surface area contributed by atoms with Gasteiger partial charge >= 0.3 is 39.5 Å². The van der Waals surface area contributed by atoms with E-state index in [1.807, 2.05) is 0 Å². The summed E-state index contributed by atoms with van der Waals surface area (Å²) in [5.74, 6) is 0.781. The molecule has 0 saturated heterocycles. The lowest BCUT2D eigenvalue weighted by molar-refractivity contribution is -0.161. The second kappa shape index (κ2) is 54.2. The van der Waals surface area contributed by atoms with Crippen LogP contribution >= 0.6 is 15.6 Å². The molecule has 0 saturated carbocycles. The Bertz CT molecular complexity index is 1670. The zero-order valence-electron chi connectivity index (χ0n) is 53.8. The first-order valence-corrected chi connectivity index (χ1v) is 36.3. The van der Waals surface area contributed by atoms with Gasteiger partial charge < -0.3 is 33.8 Å². The van der Waals surface area contributed by atoms with Gasteiger partial charge in [-0.25, -0.2) is 9.13 Å². The van der Waals surface area contributed by atoms with Crippen LogP contribution in [0.5, 0.6) is 0 Å². The van der Waals surface area contributed by atoms with Crippen LogP contribution in [0.2, 0.25) is 0 Å². The molecule has 0 spiro atoms. The van der Waals surface area contributed by atoms with Crippen LogP contribution in [0.15, 0.2) is 0 Å². The van der Waals surface area contributed by atoms with Gasteiger partial charge in [-0.3, -0.25) is 37.3 Å². The maximum atomic E-state index is 13.0. The van der Waals surface area contributed by atoms with Gasteiger partial charge in [0, 0.05) is 25.7 Å². The summed E-state index contributed by atoms with van der Waals surface area (Å²) in [6, 6.07) is 0. The number of aliphatic hydroxyl groups is 1. The third kappa shape index (κ3) is 56.3. The Morgan fingerprint density at radius 3 is 0.855 bits per heavy atom. The molecule has 0 aliphatic carbocycles. The van der Waals surface area contributed by atoms with E-state index in [4.69, 9.17) is 37.0 Å². The summed E-state index contributed by atoms with van der Waals surface area (Å²) in [6.07, 6.45) is 33.5. The van der Waals surface area contributed by atoms with Gasteiger partial charge in [0.15, 0.2) is 12.2 Å². The van der Waals surface area contributed by atoms with Crippen molar-refractivity contribution in [2.45, 2.75) is 324 Å². The average Bonchev–Trinajstić information content (AvgIpc) is 3.44. The Morgan fingerprint density at radius 2 is 0.578 bits per heavy atom. The van der Waals surface area contributed by atoms with Gasteiger partial charge in [0.05, 0.1) is 26.4 Å². The van der Waals surface area contributed by atoms with Crippen molar-refractivity contribution in [3.8, 4) is 0 Å². The number of phosphoric ester groups is 2. The van der Waals surface area contributed by atoms with Gasteiger partial charge in [0.2, 0.25) is 0 Å². The zero-order chi connectivity index (χ0) is 61.8. The second-order valence-electron chi connectivity index (χ2n) is 24.6. The molecule has 17 nitrogen and oxygen atoms in total. The van der Waals surface area contributed by atoms with Crippen LogP contribution in [0.4, 0.5) is 0 Å². The number of carbonyl (C=O) groups is 4. The molecule has 492 valence electrons. The molecule has 0 aliphatic rings. The van der Waals surface area contributed by atoms with E-state index in [2.05, 4.69) is 55.4 Å². The van der Waals surface area contributed by atoms with E-state index in [0.717, 1.165) is 120 Å². The molecule has 5 unspecified atom stereocenters. The third-order valence-electron chi connectivity index (χ3n) is 15.3. The van der Waals surface area contributed by atoms with E-state index in [-0.39, 0.29) is 25.7 Å². The Hall–Kier alpha value is -1.94. The van der Waals surface area contributed by atoms with E-state index in [1.54, 1.807) is 0 Å². The van der Waals surface area contributed by atoms with Crippen molar-refractivity contribution in [2.75, 3.05) is 39.6 Å². The fourth-order valence-corrected chi connectivity index (χ4v) is 10.9. The van der Waals surface area contributed by atoms with Gasteiger partial charge in [0.25, 0.3) is 0 Å². The summed E-state index contributed by atoms with van der Waals surface area (Å²) >= 11 is 0. The predicted octanol–water partition coefficient (Wildman–Crippen LogP) is 17.4. The molecule has 0 aromatic carbocycles. The quantitative estimate of drug-likeness (QED) is 0.0222. The number of unbranched alkanes of at least 4 members (excludes halogenated alkanes) is 25. The summed E-state index contributed by atoms with van der Waals surface area (Å²) in [6.45, 7) is 14.0. The van der Waals surface area contributed by atoms with Crippen molar-refractivity contribution >= 4 is 39.5 Å². The van der Waals surface area contributed by atoms with Crippen LogP contribution in [0.1, 0.15) is 306 Å². The molecule has 0 rings (SSSR count). The van der Waals surface area contributed by atoms with Crippen molar-refractivity contribution in [2.24, 2.45) is 23.7 Å². The first-order chi connectivity index (χ1) is 39.7. The molecule has 0 aromatic rings. The van der Waals surface area contributed by atoms with E-state index in [0.29, 0.717) is 31.6 Å². The van der Waals surface area contributed by atoms with Gasteiger partial charge in [-0.15, -0.1) is 0 Å². The molecular weight excluding hydrogens is 1100 g/mol. The van der Waals surface area contributed by atoms with Gasteiger partial charge in [-0.2, -0.15) is 0 Å². The number of aliphatic hydroxyl groups excluding tert-OH is 1. The number of hydrogen-bond acceptors (Lipinski definition) is 15. The molecule has 0 aliphatic heterocycles. The minimum atomic E-state index is -4.95. The lowest BCUT2D eigenvalue weighted by atomic mass is 9.99. The average molecular weight is 1230 g/mol. The van der Waals surface area contributed by atoms with Crippen LogP contribution in [0.3, 0.4) is 0 Å². The highest BCUT2D eigenvalue weighted by molar-refractivity contribution is 7.47. The highest BCUT2D eigenvalue weighted by atomic mass is 31.2. The van der Waals surface area contributed by atoms with Crippen LogP contribution in [0, 0.1) is 23.7 Å². The van der Waals surface area contributed by atoms with E-state index in [9.17, 15) is 43.2 Å². The monoisotopic (exact) mass is 1230 g/mol. The summed E-state index contributed by atoms with van der Waals surface area (Å²) < 4.78 is 68.0. The Morgan fingerprint density at radius 1 is 0.337 bits per heavy atom. The summed E-state index contributed by atoms with van der Waals surface area (Å²) in [7, 11) is -9.89. The molecule has 0 aromatic heterocycles. The standard InChI is InChI=1S/C64H124O17P2/c1-9-56(7)42-34-26-18-12-14-20-31-39-47-64(69)81-60(51-75-62(67)45-37-29-23-22-27-35-43-57(8)10-2)53-79-83(72,73)77-49-58(65)48-76-82(70,71)78-52-59(50-74-61(66)44-36-28-21-15-17-25-33-41-55(5)6)80-63(68)46-38-30-19-13-11-16-24-32-40-54(3)4/h54-60,65H,9-53H2,1-8H3,(H,70,71)(H,72,73)/t56?,57?,58?,59-,60-/m1/s1. The van der Waals surface area contributed by atoms with Crippen molar-refractivity contribution in [1.82, 2.24) is 0 Å². The van der Waals surface area contributed by atoms with Crippen molar-refractivity contribution < 1.29 is 80.2 Å². The van der Waals surface area contributed by atoms with E-state index < -0.39 is 97.5 Å². The van der Waals surface area contributed by atoms with Crippen LogP contribution in [0.25, 0.3) is 0 Å². The Kier molecular flexibility index (Phi) is 53.0. The first kappa shape index (κ1) is 81.1. The second-order valence-corrected chi connectivity index (χ2v) is 27.5. The Labute approximate surface area is 505 Å². The molecular formula is C64H124O17P2. The normalized spacial score (nSPS) is 15.1. The largest absolute Gasteiger partial charge is 0.472 e. The number of rotatable bonds is 61. The third-order valence-corrected chi connectivity index (χ3v) is 17.2. The number of ether oxygens (including phenoxy) is 4. The van der Waals surface area contributed by atoms with E-state index in [1.165, 1.54) is 96.3 Å². The lowest BCUT2D eigenvalue weighted by Gasteiger charge is -2.21. The maximum Gasteiger partial charge on any atom is 0.472 e. The molecule has 0 amide bonds. The van der Waals surface area contributed by atoms with Crippen LogP contribution in [-0.4, -0.2) is 96.7 Å². The summed E-state index contributed by atoms with van der Waals surface area (Å²) in [4.78, 5) is 72.2. The number of esters is 4. The fraction of sp³-hybridized carbons (Fsp3) is 0.938. The fourth-order valence-electron chi connectivity index (χ4n) is 9.36. The topological polar surface area (TPSA) is 237 Å². The van der Waals surface area contributed by atoms with Crippen LogP contribution in [-0.2, 0) is 65.4 Å². The highest BCUT2D eigenvalue weighted by Crippen LogP contribution is 2.45. The molecule has 0 bridgehead atoms. The lowest BCUT2D eigenvalue weighted by Crippen LogP contribution is -2.30. The van der Waals surface area contributed by atoms with Gasteiger partial charge in [-0.05, 0) is 49.4 Å². The predicted molar refractivity (Wildman–Crippen MR) is 331 cm³/mol. The highest BCUT2D eigenvalue weighted by Gasteiger charge is 2.30.